The van der Waals surface area contributed by atoms with Crippen LogP contribution in [0.1, 0.15) is 86.2 Å². The minimum Gasteiger partial charge on any atom is -0.475 e. The molecule has 2 aliphatic rings. The Kier molecular flexibility index (Phi) is 9.48. The number of hydrogen-bond acceptors (Lipinski definition) is 4. The quantitative estimate of drug-likeness (QED) is 0.562. The van der Waals surface area contributed by atoms with Crippen LogP contribution < -0.4 is 11.5 Å². The second-order valence-corrected chi connectivity index (χ2v) is 9.77. The number of hydrogen-bond donors (Lipinski definition) is 3. The molecule has 0 spiro atoms. The lowest BCUT2D eigenvalue weighted by Crippen LogP contribution is -2.44. The third-order valence-electron chi connectivity index (χ3n) is 6.11. The Morgan fingerprint density at radius 2 is 1.71 bits per heavy atom. The summed E-state index contributed by atoms with van der Waals surface area (Å²) >= 11 is 0. The molecule has 1 aliphatic carbocycles. The Labute approximate surface area is 203 Å². The molecule has 194 valence electrons. The molecule has 1 aromatic carbocycles. The SMILES string of the molecule is CC(C)(N)CC(=O)N1CCC(c2ccc(C(N)=O)c(C3=CCCCC3)c2)CC1.O=C(O)C(F)(F)F. The van der Waals surface area contributed by atoms with Gasteiger partial charge in [0.1, 0.15) is 0 Å². The lowest BCUT2D eigenvalue weighted by Gasteiger charge is -2.34. The zero-order valence-electron chi connectivity index (χ0n) is 20.2. The van der Waals surface area contributed by atoms with Crippen molar-refractivity contribution in [1.29, 1.82) is 0 Å². The van der Waals surface area contributed by atoms with Crippen molar-refractivity contribution in [1.82, 2.24) is 4.90 Å². The van der Waals surface area contributed by atoms with Crippen molar-refractivity contribution >= 4 is 23.4 Å². The van der Waals surface area contributed by atoms with Crippen LogP contribution in [0.25, 0.3) is 5.57 Å². The number of carbonyl (C=O) groups excluding carboxylic acids is 2. The Morgan fingerprint density at radius 3 is 2.17 bits per heavy atom. The first-order valence-electron chi connectivity index (χ1n) is 11.7. The number of carboxylic acids is 1. The van der Waals surface area contributed by atoms with Gasteiger partial charge < -0.3 is 21.5 Å². The molecule has 7 nitrogen and oxygen atoms in total. The van der Waals surface area contributed by atoms with Crippen LogP contribution in [0.5, 0.6) is 0 Å². The molecule has 1 fully saturated rings. The van der Waals surface area contributed by atoms with Gasteiger partial charge in [0.05, 0.1) is 0 Å². The number of amides is 2. The summed E-state index contributed by atoms with van der Waals surface area (Å²) in [5.41, 5.74) is 15.3. The number of halogens is 3. The molecule has 10 heteroatoms. The summed E-state index contributed by atoms with van der Waals surface area (Å²) < 4.78 is 31.7. The van der Waals surface area contributed by atoms with Gasteiger partial charge in [0, 0.05) is 30.6 Å². The van der Waals surface area contributed by atoms with E-state index >= 15 is 0 Å². The molecule has 0 aromatic heterocycles. The summed E-state index contributed by atoms with van der Waals surface area (Å²) in [6.07, 6.45) is 3.86. The summed E-state index contributed by atoms with van der Waals surface area (Å²) in [6, 6.07) is 6.09. The first-order valence-corrected chi connectivity index (χ1v) is 11.7. The van der Waals surface area contributed by atoms with Crippen LogP contribution in [0, 0.1) is 0 Å². The Morgan fingerprint density at radius 1 is 1.11 bits per heavy atom. The van der Waals surface area contributed by atoms with E-state index in [-0.39, 0.29) is 11.8 Å². The molecular weight excluding hydrogens is 463 g/mol. The molecule has 35 heavy (non-hydrogen) atoms. The normalized spacial score (nSPS) is 17.2. The summed E-state index contributed by atoms with van der Waals surface area (Å²) in [4.78, 5) is 35.2. The van der Waals surface area contributed by atoms with E-state index in [9.17, 15) is 22.8 Å². The number of benzene rings is 1. The monoisotopic (exact) mass is 497 g/mol. The van der Waals surface area contributed by atoms with Crippen LogP contribution in [0.4, 0.5) is 13.2 Å². The topological polar surface area (TPSA) is 127 Å². The number of nitrogens with two attached hydrogens (primary N) is 2. The van der Waals surface area contributed by atoms with Gasteiger partial charge >= 0.3 is 12.1 Å². The van der Waals surface area contributed by atoms with Crippen LogP contribution in [0.2, 0.25) is 0 Å². The summed E-state index contributed by atoms with van der Waals surface area (Å²) in [6.45, 7) is 5.29. The number of allylic oxidation sites excluding steroid dienone is 2. The second kappa shape index (κ2) is 11.7. The smallest absolute Gasteiger partial charge is 0.475 e. The first-order chi connectivity index (χ1) is 16.2. The molecule has 2 amide bonds. The number of nitrogens with zero attached hydrogens (tertiary/aromatic N) is 1. The highest BCUT2D eigenvalue weighted by Crippen LogP contribution is 2.34. The van der Waals surface area contributed by atoms with Gasteiger partial charge in [-0.15, -0.1) is 0 Å². The summed E-state index contributed by atoms with van der Waals surface area (Å²) in [5, 5.41) is 7.12. The third kappa shape index (κ3) is 8.69. The molecule has 1 aromatic rings. The van der Waals surface area contributed by atoms with Crippen LogP contribution in [-0.4, -0.2) is 52.6 Å². The standard InChI is InChI=1S/C23H33N3O2.C2HF3O2/c1-23(2,25)15-21(27)26-12-10-16(11-13-26)18-8-9-19(22(24)28)20(14-18)17-6-4-3-5-7-17;3-2(4,5)1(6)7/h6,8-9,14,16H,3-5,7,10-13,15,25H2,1-2H3,(H2,24,28);(H,6,7). The maximum absolute atomic E-state index is 12.4. The molecule has 3 rings (SSSR count). The largest absolute Gasteiger partial charge is 0.490 e. The molecular formula is C25H34F3N3O4. The highest BCUT2D eigenvalue weighted by molar-refractivity contribution is 5.98. The maximum Gasteiger partial charge on any atom is 0.490 e. The lowest BCUT2D eigenvalue weighted by molar-refractivity contribution is -0.192. The fourth-order valence-electron chi connectivity index (χ4n) is 4.34. The first kappa shape index (κ1) is 28.4. The van der Waals surface area contributed by atoms with Gasteiger partial charge in [0.15, 0.2) is 0 Å². The Balaban J connectivity index is 0.000000540. The predicted octanol–water partition coefficient (Wildman–Crippen LogP) is 4.21. The predicted molar refractivity (Wildman–Crippen MR) is 127 cm³/mol. The lowest BCUT2D eigenvalue weighted by atomic mass is 9.84. The molecule has 1 heterocycles. The van der Waals surface area contributed by atoms with E-state index in [1.807, 2.05) is 30.9 Å². The van der Waals surface area contributed by atoms with Crippen molar-refractivity contribution in [3.8, 4) is 0 Å². The van der Waals surface area contributed by atoms with Crippen molar-refractivity contribution in [2.75, 3.05) is 13.1 Å². The van der Waals surface area contributed by atoms with Gasteiger partial charge in [-0.2, -0.15) is 13.2 Å². The van der Waals surface area contributed by atoms with E-state index in [2.05, 4.69) is 12.1 Å². The van der Waals surface area contributed by atoms with Crippen molar-refractivity contribution in [3.63, 3.8) is 0 Å². The van der Waals surface area contributed by atoms with Crippen molar-refractivity contribution < 1.29 is 32.7 Å². The second-order valence-electron chi connectivity index (χ2n) is 9.77. The zero-order chi connectivity index (χ0) is 26.4. The average molecular weight is 498 g/mol. The van der Waals surface area contributed by atoms with Gasteiger partial charge in [-0.25, -0.2) is 4.79 Å². The number of alkyl halides is 3. The van der Waals surface area contributed by atoms with Crippen LogP contribution >= 0.6 is 0 Å². The highest BCUT2D eigenvalue weighted by Gasteiger charge is 2.38. The fraction of sp³-hybridized carbons (Fsp3) is 0.560. The summed E-state index contributed by atoms with van der Waals surface area (Å²) in [7, 11) is 0. The van der Waals surface area contributed by atoms with Gasteiger partial charge in [0.2, 0.25) is 11.8 Å². The molecule has 0 unspecified atom stereocenters. The molecule has 0 atom stereocenters. The zero-order valence-corrected chi connectivity index (χ0v) is 20.2. The van der Waals surface area contributed by atoms with Crippen molar-refractivity contribution in [2.24, 2.45) is 11.5 Å². The number of primary amides is 1. The number of rotatable bonds is 5. The van der Waals surface area contributed by atoms with Gasteiger partial charge in [0.25, 0.3) is 0 Å². The van der Waals surface area contributed by atoms with E-state index in [0.29, 0.717) is 17.9 Å². The van der Waals surface area contributed by atoms with Crippen LogP contribution in [-0.2, 0) is 9.59 Å². The Hall–Kier alpha value is -2.88. The highest BCUT2D eigenvalue weighted by atomic mass is 19.4. The van der Waals surface area contributed by atoms with Crippen molar-refractivity contribution in [3.05, 3.63) is 41.0 Å². The number of likely N-dealkylation sites (tertiary alicyclic amines) is 1. The molecule has 0 radical (unpaired) electrons. The van der Waals surface area contributed by atoms with E-state index in [4.69, 9.17) is 21.4 Å². The average Bonchev–Trinajstić information content (AvgIpc) is 2.78. The van der Waals surface area contributed by atoms with Gasteiger partial charge in [-0.1, -0.05) is 18.2 Å². The Bertz CT molecular complexity index is 960. The molecule has 5 N–H and O–H groups in total. The molecule has 1 saturated heterocycles. The molecule has 0 bridgehead atoms. The van der Waals surface area contributed by atoms with E-state index in [0.717, 1.165) is 50.8 Å². The number of piperidine rings is 1. The van der Waals surface area contributed by atoms with Gasteiger partial charge in [-0.3, -0.25) is 9.59 Å². The minimum absolute atomic E-state index is 0.142. The molecule has 1 aliphatic heterocycles. The third-order valence-corrected chi connectivity index (χ3v) is 6.11. The fourth-order valence-corrected chi connectivity index (χ4v) is 4.34. The number of carboxylic acid groups (broad SMARTS) is 1. The van der Waals surface area contributed by atoms with E-state index in [1.165, 1.54) is 17.6 Å². The van der Waals surface area contributed by atoms with E-state index < -0.39 is 17.7 Å². The number of aliphatic carboxylic acids is 1. The molecule has 0 saturated carbocycles. The van der Waals surface area contributed by atoms with E-state index in [1.54, 1.807) is 0 Å². The number of carbonyl (C=O) groups is 3. The van der Waals surface area contributed by atoms with Gasteiger partial charge in [-0.05, 0) is 81.1 Å². The minimum atomic E-state index is -5.08. The maximum atomic E-state index is 12.4. The van der Waals surface area contributed by atoms with Crippen molar-refractivity contribution in [2.45, 2.75) is 76.4 Å². The van der Waals surface area contributed by atoms with Crippen LogP contribution in [0.3, 0.4) is 0 Å². The summed E-state index contributed by atoms with van der Waals surface area (Å²) in [5.74, 6) is -2.58. The van der Waals surface area contributed by atoms with Crippen LogP contribution in [0.15, 0.2) is 24.3 Å².